The fraction of sp³-hybridized carbons (Fsp3) is 0.355. The van der Waals surface area contributed by atoms with E-state index in [0.717, 1.165) is 52.0 Å². The van der Waals surface area contributed by atoms with Crippen LogP contribution in [0.25, 0.3) is 0 Å². The number of nitrogens with one attached hydrogen (secondary N) is 1. The fourth-order valence-corrected chi connectivity index (χ4v) is 6.79. The number of hydrogen-bond acceptors (Lipinski definition) is 4. The Labute approximate surface area is 256 Å². The average Bonchev–Trinajstić information content (AvgIpc) is 2.97. The van der Waals surface area contributed by atoms with Crippen LogP contribution in [0.4, 0.5) is 5.69 Å². The van der Waals surface area contributed by atoms with Gasteiger partial charge in [-0.1, -0.05) is 83.2 Å². The van der Waals surface area contributed by atoms with Gasteiger partial charge in [-0.15, -0.1) is 0 Å². The molecule has 1 atom stereocenters. The summed E-state index contributed by atoms with van der Waals surface area (Å²) >= 11 is 9.82. The first-order chi connectivity index (χ1) is 19.6. The third-order valence-corrected chi connectivity index (χ3v) is 10.2. The van der Waals surface area contributed by atoms with Gasteiger partial charge < -0.3 is 10.2 Å². The van der Waals surface area contributed by atoms with E-state index in [2.05, 4.69) is 21.2 Å². The lowest BCUT2D eigenvalue weighted by Gasteiger charge is -2.33. The summed E-state index contributed by atoms with van der Waals surface area (Å²) in [5.41, 5.74) is 1.86. The molecule has 0 saturated heterocycles. The van der Waals surface area contributed by atoms with E-state index in [1.54, 1.807) is 43.3 Å². The maximum atomic E-state index is 14.1. The van der Waals surface area contributed by atoms with Gasteiger partial charge in [-0.2, -0.15) is 0 Å². The van der Waals surface area contributed by atoms with Crippen LogP contribution in [0.1, 0.15) is 50.2 Å². The van der Waals surface area contributed by atoms with Crippen LogP contribution in [-0.2, 0) is 26.2 Å². The molecule has 10 heteroatoms. The van der Waals surface area contributed by atoms with Crippen LogP contribution in [0.2, 0.25) is 5.02 Å². The van der Waals surface area contributed by atoms with E-state index in [4.69, 9.17) is 11.6 Å². The second-order valence-corrected chi connectivity index (χ2v) is 13.6. The molecule has 3 aromatic rings. The molecule has 0 spiro atoms. The molecule has 0 unspecified atom stereocenters. The second kappa shape index (κ2) is 13.9. The lowest BCUT2D eigenvalue weighted by molar-refractivity contribution is -0.139. The van der Waals surface area contributed by atoms with Crippen molar-refractivity contribution in [2.75, 3.05) is 10.8 Å². The van der Waals surface area contributed by atoms with Crippen molar-refractivity contribution in [3.05, 3.63) is 93.4 Å². The number of carbonyl (C=O) groups excluding carboxylic acids is 2. The zero-order valence-corrected chi connectivity index (χ0v) is 26.4. The highest BCUT2D eigenvalue weighted by Gasteiger charge is 2.33. The quantitative estimate of drug-likeness (QED) is 0.270. The monoisotopic (exact) mass is 659 g/mol. The molecule has 4 rings (SSSR count). The zero-order chi connectivity index (χ0) is 29.6. The van der Waals surface area contributed by atoms with Crippen molar-refractivity contribution < 1.29 is 18.0 Å². The van der Waals surface area contributed by atoms with Gasteiger partial charge in [0.25, 0.3) is 10.0 Å². The molecule has 0 bridgehead atoms. The molecule has 7 nitrogen and oxygen atoms in total. The van der Waals surface area contributed by atoms with Gasteiger partial charge in [0.2, 0.25) is 11.8 Å². The number of hydrogen-bond donors (Lipinski definition) is 1. The molecular weight excluding hydrogens is 626 g/mol. The number of aryl methyl sites for hydroxylation is 1. The van der Waals surface area contributed by atoms with E-state index in [9.17, 15) is 18.0 Å². The maximum absolute atomic E-state index is 14.1. The SMILES string of the molecule is Cc1ccc(N(CC(=O)N(Cc2ccc(Br)cc2)[C@H](C)C(=O)NC2CCCCC2)S(=O)(=O)c2ccccc2)cc1Cl. The van der Waals surface area contributed by atoms with Gasteiger partial charge >= 0.3 is 0 Å². The fourth-order valence-electron chi connectivity index (χ4n) is 4.92. The Hall–Kier alpha value is -2.88. The predicted molar refractivity (Wildman–Crippen MR) is 166 cm³/mol. The summed E-state index contributed by atoms with van der Waals surface area (Å²) in [7, 11) is -4.14. The summed E-state index contributed by atoms with van der Waals surface area (Å²) in [5.74, 6) is -0.756. The van der Waals surface area contributed by atoms with Gasteiger partial charge in [0.15, 0.2) is 0 Å². The van der Waals surface area contributed by atoms with E-state index in [0.29, 0.717) is 5.02 Å². The molecular formula is C31H35BrClN3O4S. The molecule has 1 saturated carbocycles. The molecule has 0 aromatic heterocycles. The predicted octanol–water partition coefficient (Wildman–Crippen LogP) is 6.47. The van der Waals surface area contributed by atoms with E-state index in [-0.39, 0.29) is 29.1 Å². The summed E-state index contributed by atoms with van der Waals surface area (Å²) in [6.45, 7) is 3.14. The Morgan fingerprint density at radius 2 is 1.66 bits per heavy atom. The van der Waals surface area contributed by atoms with Crippen molar-refractivity contribution in [3.8, 4) is 0 Å². The van der Waals surface area contributed by atoms with Gasteiger partial charge in [-0.25, -0.2) is 8.42 Å². The van der Waals surface area contributed by atoms with Gasteiger partial charge in [-0.05, 0) is 74.2 Å². The van der Waals surface area contributed by atoms with Crippen LogP contribution in [0.5, 0.6) is 0 Å². The molecule has 1 aliphatic rings. The molecule has 0 aliphatic heterocycles. The first-order valence-corrected chi connectivity index (χ1v) is 16.4. The van der Waals surface area contributed by atoms with Crippen molar-refractivity contribution in [1.82, 2.24) is 10.2 Å². The van der Waals surface area contributed by atoms with E-state index in [1.165, 1.54) is 17.0 Å². The summed E-state index contributed by atoms with van der Waals surface area (Å²) < 4.78 is 29.7. The minimum Gasteiger partial charge on any atom is -0.352 e. The van der Waals surface area contributed by atoms with Crippen LogP contribution in [0.15, 0.2) is 82.2 Å². The minimum atomic E-state index is -4.14. The second-order valence-electron chi connectivity index (χ2n) is 10.4. The standard InChI is InChI=1S/C31H35BrClN3O4S/c1-22-13-18-27(19-29(22)33)36(41(39,40)28-11-7-4-8-12-28)21-30(37)35(20-24-14-16-25(32)17-15-24)23(2)31(38)34-26-9-5-3-6-10-26/h4,7-8,11-19,23,26H,3,5-6,9-10,20-21H2,1-2H3,(H,34,38)/t23-/m1/s1. The number of halogens is 2. The molecule has 0 heterocycles. The number of carbonyl (C=O) groups is 2. The van der Waals surface area contributed by atoms with Crippen molar-refractivity contribution in [3.63, 3.8) is 0 Å². The number of benzene rings is 3. The molecule has 2 amide bonds. The third kappa shape index (κ3) is 7.90. The molecule has 0 radical (unpaired) electrons. The summed E-state index contributed by atoms with van der Waals surface area (Å²) in [6.07, 6.45) is 5.11. The Kier molecular flexibility index (Phi) is 10.5. The first-order valence-electron chi connectivity index (χ1n) is 13.7. The largest absolute Gasteiger partial charge is 0.352 e. The lowest BCUT2D eigenvalue weighted by Crippen LogP contribution is -2.53. The van der Waals surface area contributed by atoms with Gasteiger partial charge in [-0.3, -0.25) is 13.9 Å². The van der Waals surface area contributed by atoms with Gasteiger partial charge in [0, 0.05) is 22.1 Å². The van der Waals surface area contributed by atoms with Crippen LogP contribution in [0.3, 0.4) is 0 Å². The van der Waals surface area contributed by atoms with Gasteiger partial charge in [0.05, 0.1) is 10.6 Å². The van der Waals surface area contributed by atoms with Crippen LogP contribution >= 0.6 is 27.5 Å². The normalized spacial score (nSPS) is 14.7. The number of rotatable bonds is 10. The van der Waals surface area contributed by atoms with Crippen molar-refractivity contribution in [1.29, 1.82) is 0 Å². The van der Waals surface area contributed by atoms with Crippen LogP contribution in [0, 0.1) is 6.92 Å². The molecule has 218 valence electrons. The Morgan fingerprint density at radius 3 is 2.29 bits per heavy atom. The molecule has 1 aliphatic carbocycles. The molecule has 1 N–H and O–H groups in total. The molecule has 1 fully saturated rings. The van der Waals surface area contributed by atoms with Gasteiger partial charge in [0.1, 0.15) is 12.6 Å². The number of amides is 2. The smallest absolute Gasteiger partial charge is 0.264 e. The molecule has 41 heavy (non-hydrogen) atoms. The Morgan fingerprint density at radius 1 is 1.00 bits per heavy atom. The highest BCUT2D eigenvalue weighted by atomic mass is 79.9. The van der Waals surface area contributed by atoms with Crippen molar-refractivity contribution in [2.45, 2.75) is 69.5 Å². The highest BCUT2D eigenvalue weighted by molar-refractivity contribution is 9.10. The van der Waals surface area contributed by atoms with E-state index >= 15 is 0 Å². The highest BCUT2D eigenvalue weighted by Crippen LogP contribution is 2.29. The topological polar surface area (TPSA) is 86.8 Å². The Bertz CT molecular complexity index is 1460. The third-order valence-electron chi connectivity index (χ3n) is 7.44. The average molecular weight is 661 g/mol. The summed E-state index contributed by atoms with van der Waals surface area (Å²) in [4.78, 5) is 29.0. The van der Waals surface area contributed by atoms with Crippen LogP contribution in [-0.4, -0.2) is 43.8 Å². The first kappa shape index (κ1) is 31.1. The zero-order valence-electron chi connectivity index (χ0n) is 23.2. The molecule has 3 aromatic carbocycles. The maximum Gasteiger partial charge on any atom is 0.264 e. The number of anilines is 1. The van der Waals surface area contributed by atoms with E-state index in [1.807, 2.05) is 31.2 Å². The Balaban J connectivity index is 1.68. The number of nitrogens with zero attached hydrogens (tertiary/aromatic N) is 2. The number of sulfonamides is 1. The summed E-state index contributed by atoms with van der Waals surface area (Å²) in [5, 5.41) is 3.50. The lowest BCUT2D eigenvalue weighted by atomic mass is 9.95. The summed E-state index contributed by atoms with van der Waals surface area (Å²) in [6, 6.07) is 19.6. The minimum absolute atomic E-state index is 0.0482. The van der Waals surface area contributed by atoms with Crippen molar-refractivity contribution >= 4 is 55.1 Å². The van der Waals surface area contributed by atoms with Crippen LogP contribution < -0.4 is 9.62 Å². The van der Waals surface area contributed by atoms with Crippen molar-refractivity contribution in [2.24, 2.45) is 0 Å². The van der Waals surface area contributed by atoms with E-state index < -0.39 is 28.5 Å².